The van der Waals surface area contributed by atoms with Crippen LogP contribution in [0.5, 0.6) is 0 Å². The molecular formula is C13H16O4. The summed E-state index contributed by atoms with van der Waals surface area (Å²) in [6.45, 7) is 5.70. The average Bonchev–Trinajstić information content (AvgIpc) is 2.14. The van der Waals surface area contributed by atoms with Crippen molar-refractivity contribution in [2.45, 2.75) is 27.2 Å². The Balaban J connectivity index is 3.10. The van der Waals surface area contributed by atoms with Gasteiger partial charge in [-0.25, -0.2) is 0 Å². The van der Waals surface area contributed by atoms with Crippen molar-refractivity contribution in [2.75, 3.05) is 0 Å². The molecule has 0 aliphatic heterocycles. The first-order valence-electron chi connectivity index (χ1n) is 5.35. The molecule has 0 aliphatic carbocycles. The summed E-state index contributed by atoms with van der Waals surface area (Å²) in [6.07, 6.45) is 0.0304. The van der Waals surface area contributed by atoms with Crippen LogP contribution in [0.15, 0.2) is 12.1 Å². The molecule has 4 heteroatoms. The van der Waals surface area contributed by atoms with Gasteiger partial charge in [0.15, 0.2) is 5.92 Å². The number of aliphatic carboxylic acids is 2. The predicted octanol–water partition coefficient (Wildman–Crippen LogP) is 1.94. The van der Waals surface area contributed by atoms with Gasteiger partial charge in [0.25, 0.3) is 0 Å². The highest BCUT2D eigenvalue weighted by Gasteiger charge is 2.27. The third kappa shape index (κ3) is 3.06. The van der Waals surface area contributed by atoms with E-state index in [2.05, 4.69) is 0 Å². The number of benzene rings is 1. The monoisotopic (exact) mass is 236 g/mol. The van der Waals surface area contributed by atoms with Crippen LogP contribution in [0.3, 0.4) is 0 Å². The van der Waals surface area contributed by atoms with E-state index in [0.717, 1.165) is 22.3 Å². The number of carbonyl (C=O) groups is 2. The van der Waals surface area contributed by atoms with Crippen LogP contribution in [0.2, 0.25) is 0 Å². The Morgan fingerprint density at radius 2 is 1.47 bits per heavy atom. The first kappa shape index (κ1) is 13.2. The van der Waals surface area contributed by atoms with Gasteiger partial charge in [-0.15, -0.1) is 0 Å². The van der Waals surface area contributed by atoms with E-state index < -0.39 is 17.9 Å². The zero-order chi connectivity index (χ0) is 13.2. The fourth-order valence-corrected chi connectivity index (χ4v) is 2.02. The van der Waals surface area contributed by atoms with Crippen LogP contribution in [0.1, 0.15) is 22.3 Å². The van der Waals surface area contributed by atoms with Gasteiger partial charge in [0.2, 0.25) is 0 Å². The average molecular weight is 236 g/mol. The van der Waals surface area contributed by atoms with Crippen molar-refractivity contribution >= 4 is 11.9 Å². The van der Waals surface area contributed by atoms with Gasteiger partial charge in [0, 0.05) is 0 Å². The first-order valence-corrected chi connectivity index (χ1v) is 5.35. The van der Waals surface area contributed by atoms with Crippen LogP contribution >= 0.6 is 0 Å². The summed E-state index contributed by atoms with van der Waals surface area (Å²) in [6, 6.07) is 3.87. The highest BCUT2D eigenvalue weighted by molar-refractivity contribution is 5.93. The van der Waals surface area contributed by atoms with Crippen molar-refractivity contribution in [3.05, 3.63) is 34.4 Å². The summed E-state index contributed by atoms with van der Waals surface area (Å²) >= 11 is 0. The van der Waals surface area contributed by atoms with Crippen molar-refractivity contribution in [1.82, 2.24) is 0 Å². The molecule has 2 N–H and O–H groups in total. The topological polar surface area (TPSA) is 74.6 Å². The largest absolute Gasteiger partial charge is 0.481 e. The molecule has 0 aromatic heterocycles. The summed E-state index contributed by atoms with van der Waals surface area (Å²) < 4.78 is 0. The SMILES string of the molecule is Cc1cc(C)c(CC(C(=O)O)C(=O)O)c(C)c1. The van der Waals surface area contributed by atoms with E-state index in [9.17, 15) is 9.59 Å². The molecule has 0 aliphatic rings. The van der Waals surface area contributed by atoms with E-state index in [1.807, 2.05) is 32.9 Å². The van der Waals surface area contributed by atoms with Gasteiger partial charge < -0.3 is 10.2 Å². The van der Waals surface area contributed by atoms with E-state index in [-0.39, 0.29) is 6.42 Å². The van der Waals surface area contributed by atoms with Gasteiger partial charge in [-0.05, 0) is 43.9 Å². The number of carboxylic acid groups (broad SMARTS) is 2. The Morgan fingerprint density at radius 1 is 1.06 bits per heavy atom. The molecule has 0 amide bonds. The predicted molar refractivity (Wildman–Crippen MR) is 63.1 cm³/mol. The van der Waals surface area contributed by atoms with Gasteiger partial charge in [0.05, 0.1) is 0 Å². The van der Waals surface area contributed by atoms with Crippen LogP contribution in [0.4, 0.5) is 0 Å². The van der Waals surface area contributed by atoms with Crippen molar-refractivity contribution < 1.29 is 19.8 Å². The molecule has 0 spiro atoms. The van der Waals surface area contributed by atoms with Crippen LogP contribution < -0.4 is 0 Å². The van der Waals surface area contributed by atoms with E-state index in [0.29, 0.717) is 0 Å². The smallest absolute Gasteiger partial charge is 0.318 e. The molecule has 17 heavy (non-hydrogen) atoms. The van der Waals surface area contributed by atoms with Crippen LogP contribution in [-0.2, 0) is 16.0 Å². The number of hydrogen-bond acceptors (Lipinski definition) is 2. The zero-order valence-corrected chi connectivity index (χ0v) is 10.2. The Bertz CT molecular complexity index is 425. The van der Waals surface area contributed by atoms with Gasteiger partial charge in [-0.2, -0.15) is 0 Å². The molecule has 0 saturated heterocycles. The van der Waals surface area contributed by atoms with E-state index in [1.54, 1.807) is 0 Å². The molecule has 4 nitrogen and oxygen atoms in total. The molecule has 92 valence electrons. The molecule has 0 unspecified atom stereocenters. The van der Waals surface area contributed by atoms with E-state index >= 15 is 0 Å². The third-order valence-corrected chi connectivity index (χ3v) is 2.84. The third-order valence-electron chi connectivity index (χ3n) is 2.84. The molecule has 0 heterocycles. The lowest BCUT2D eigenvalue weighted by molar-refractivity contribution is -0.154. The number of rotatable bonds is 4. The zero-order valence-electron chi connectivity index (χ0n) is 10.2. The summed E-state index contributed by atoms with van der Waals surface area (Å²) in [4.78, 5) is 21.7. The first-order chi connectivity index (χ1) is 7.82. The lowest BCUT2D eigenvalue weighted by atomic mass is 9.91. The fourth-order valence-electron chi connectivity index (χ4n) is 2.02. The summed E-state index contributed by atoms with van der Waals surface area (Å²) in [5.41, 5.74) is 3.78. The molecule has 0 bridgehead atoms. The fraction of sp³-hybridized carbons (Fsp3) is 0.385. The maximum atomic E-state index is 10.9. The highest BCUT2D eigenvalue weighted by Crippen LogP contribution is 2.20. The van der Waals surface area contributed by atoms with Crippen molar-refractivity contribution in [2.24, 2.45) is 5.92 Å². The molecule has 0 saturated carbocycles. The second-order valence-electron chi connectivity index (χ2n) is 4.31. The van der Waals surface area contributed by atoms with E-state index in [4.69, 9.17) is 10.2 Å². The normalized spacial score (nSPS) is 10.6. The van der Waals surface area contributed by atoms with E-state index in [1.165, 1.54) is 0 Å². The summed E-state index contributed by atoms with van der Waals surface area (Å²) in [5.74, 6) is -3.97. The Kier molecular flexibility index (Phi) is 3.89. The molecule has 0 fully saturated rings. The summed E-state index contributed by atoms with van der Waals surface area (Å²) in [5, 5.41) is 17.7. The van der Waals surface area contributed by atoms with Crippen molar-refractivity contribution in [3.8, 4) is 0 Å². The van der Waals surface area contributed by atoms with Crippen LogP contribution in [0, 0.1) is 26.7 Å². The highest BCUT2D eigenvalue weighted by atomic mass is 16.4. The number of aryl methyl sites for hydroxylation is 3. The quantitative estimate of drug-likeness (QED) is 0.783. The van der Waals surface area contributed by atoms with Crippen molar-refractivity contribution in [1.29, 1.82) is 0 Å². The van der Waals surface area contributed by atoms with Gasteiger partial charge in [0.1, 0.15) is 0 Å². The van der Waals surface area contributed by atoms with Crippen LogP contribution in [-0.4, -0.2) is 22.2 Å². The Hall–Kier alpha value is -1.84. The maximum Gasteiger partial charge on any atom is 0.318 e. The second-order valence-corrected chi connectivity index (χ2v) is 4.31. The minimum atomic E-state index is -1.38. The Labute approximate surface area is 99.9 Å². The maximum absolute atomic E-state index is 10.9. The number of hydrogen-bond donors (Lipinski definition) is 2. The van der Waals surface area contributed by atoms with Crippen LogP contribution in [0.25, 0.3) is 0 Å². The molecule has 0 atom stereocenters. The lowest BCUT2D eigenvalue weighted by Gasteiger charge is -2.13. The van der Waals surface area contributed by atoms with Gasteiger partial charge >= 0.3 is 11.9 Å². The van der Waals surface area contributed by atoms with Gasteiger partial charge in [-0.1, -0.05) is 17.7 Å². The second kappa shape index (κ2) is 4.99. The standard InChI is InChI=1S/C13H16O4/c1-7-4-8(2)10(9(3)5-7)6-11(12(14)15)13(16)17/h4-5,11H,6H2,1-3H3,(H,14,15)(H,16,17). The van der Waals surface area contributed by atoms with Crippen molar-refractivity contribution in [3.63, 3.8) is 0 Å². The lowest BCUT2D eigenvalue weighted by Crippen LogP contribution is -2.26. The van der Waals surface area contributed by atoms with Gasteiger partial charge in [-0.3, -0.25) is 9.59 Å². The number of carboxylic acids is 2. The molecule has 1 aromatic carbocycles. The Morgan fingerprint density at radius 3 is 1.82 bits per heavy atom. The summed E-state index contributed by atoms with van der Waals surface area (Å²) in [7, 11) is 0. The molecule has 0 radical (unpaired) electrons. The molecular weight excluding hydrogens is 220 g/mol. The minimum absolute atomic E-state index is 0.0304. The minimum Gasteiger partial charge on any atom is -0.481 e. The molecule has 1 rings (SSSR count). The molecule has 1 aromatic rings.